The lowest BCUT2D eigenvalue weighted by Crippen LogP contribution is -2.31. The molecule has 5 rings (SSSR count). The Morgan fingerprint density at radius 3 is 2.61 bits per heavy atom. The van der Waals surface area contributed by atoms with Gasteiger partial charge in [0.2, 0.25) is 0 Å². The lowest BCUT2D eigenvalue weighted by molar-refractivity contribution is -0.384. The summed E-state index contributed by atoms with van der Waals surface area (Å²) in [7, 11) is 1.58. The van der Waals surface area contributed by atoms with E-state index in [0.717, 1.165) is 16.5 Å². The molecule has 0 bridgehead atoms. The van der Waals surface area contributed by atoms with E-state index in [2.05, 4.69) is 4.98 Å². The number of nitro benzene ring substituents is 1. The van der Waals surface area contributed by atoms with Gasteiger partial charge in [-0.2, -0.15) is 0 Å². The van der Waals surface area contributed by atoms with Crippen LogP contribution in [-0.4, -0.2) is 45.3 Å². The fourth-order valence-corrected chi connectivity index (χ4v) is 4.89. The molecule has 38 heavy (non-hydrogen) atoms. The number of halogens is 1. The van der Waals surface area contributed by atoms with Crippen LogP contribution >= 0.6 is 11.6 Å². The maximum atomic E-state index is 13.3. The molecule has 2 N–H and O–H groups in total. The fraction of sp³-hybridized carbons (Fsp3) is 0.143. The zero-order valence-corrected chi connectivity index (χ0v) is 20.9. The van der Waals surface area contributed by atoms with Gasteiger partial charge in [-0.25, -0.2) is 0 Å². The number of ketones is 1. The number of aromatic amines is 1. The summed E-state index contributed by atoms with van der Waals surface area (Å²) in [6.45, 7) is 0.124. The predicted octanol–water partition coefficient (Wildman–Crippen LogP) is 5.40. The van der Waals surface area contributed by atoms with Crippen LogP contribution < -0.4 is 4.74 Å². The molecule has 1 aromatic heterocycles. The monoisotopic (exact) mass is 531 g/mol. The number of Topliss-reactive ketones (excluding diaryl/α,β-unsaturated/α-hetero) is 1. The first-order valence-electron chi connectivity index (χ1n) is 11.7. The maximum Gasteiger partial charge on any atom is 0.295 e. The first-order valence-corrected chi connectivity index (χ1v) is 12.1. The highest BCUT2D eigenvalue weighted by molar-refractivity contribution is 6.46. The number of rotatable bonds is 7. The number of H-pyrrole nitrogens is 1. The summed E-state index contributed by atoms with van der Waals surface area (Å²) in [5, 5.41) is 24.0. The van der Waals surface area contributed by atoms with Gasteiger partial charge in [-0.15, -0.1) is 0 Å². The molecule has 0 saturated carbocycles. The third kappa shape index (κ3) is 4.48. The first kappa shape index (κ1) is 25.0. The normalized spacial score (nSPS) is 16.8. The minimum absolute atomic E-state index is 0.124. The van der Waals surface area contributed by atoms with Gasteiger partial charge < -0.3 is 19.7 Å². The lowest BCUT2D eigenvalue weighted by Gasteiger charge is -2.25. The van der Waals surface area contributed by atoms with Crippen molar-refractivity contribution in [2.45, 2.75) is 12.5 Å². The van der Waals surface area contributed by atoms with Crippen molar-refractivity contribution in [3.05, 3.63) is 110 Å². The third-order valence-corrected chi connectivity index (χ3v) is 6.90. The van der Waals surface area contributed by atoms with Crippen molar-refractivity contribution in [3.63, 3.8) is 0 Å². The van der Waals surface area contributed by atoms with Crippen molar-refractivity contribution in [2.24, 2.45) is 0 Å². The van der Waals surface area contributed by atoms with Crippen molar-refractivity contribution in [1.29, 1.82) is 0 Å². The molecule has 1 amide bonds. The van der Waals surface area contributed by atoms with Crippen LogP contribution in [0.2, 0.25) is 5.02 Å². The molecule has 1 atom stereocenters. The van der Waals surface area contributed by atoms with Gasteiger partial charge in [-0.1, -0.05) is 23.7 Å². The van der Waals surface area contributed by atoms with E-state index in [1.807, 2.05) is 24.4 Å². The number of carbonyl (C=O) groups is 2. The molecule has 1 fully saturated rings. The van der Waals surface area contributed by atoms with Crippen LogP contribution in [0.4, 0.5) is 5.69 Å². The number of nitro groups is 1. The lowest BCUT2D eigenvalue weighted by atomic mass is 9.95. The molecule has 0 aliphatic carbocycles. The molecule has 1 saturated heterocycles. The number of aromatic nitrogens is 1. The number of nitrogens with one attached hydrogen (secondary N) is 1. The van der Waals surface area contributed by atoms with Crippen LogP contribution in [0.15, 0.2) is 78.5 Å². The second-order valence-corrected chi connectivity index (χ2v) is 9.26. The average molecular weight is 532 g/mol. The summed E-state index contributed by atoms with van der Waals surface area (Å²) in [5.41, 5.74) is 2.10. The largest absolute Gasteiger partial charge is 0.507 e. The molecule has 4 aromatic rings. The van der Waals surface area contributed by atoms with Gasteiger partial charge in [0.1, 0.15) is 11.5 Å². The van der Waals surface area contributed by atoms with Gasteiger partial charge >= 0.3 is 0 Å². The van der Waals surface area contributed by atoms with Crippen LogP contribution in [-0.2, 0) is 16.0 Å². The smallest absolute Gasteiger partial charge is 0.295 e. The topological polar surface area (TPSA) is 126 Å². The van der Waals surface area contributed by atoms with Gasteiger partial charge in [-0.3, -0.25) is 19.7 Å². The summed E-state index contributed by atoms with van der Waals surface area (Å²) in [5.74, 6) is -1.36. The summed E-state index contributed by atoms with van der Waals surface area (Å²) in [4.78, 5) is 42.0. The Morgan fingerprint density at radius 2 is 1.89 bits per heavy atom. The Hall–Kier alpha value is -4.63. The summed E-state index contributed by atoms with van der Waals surface area (Å²) in [6, 6.07) is 16.5. The van der Waals surface area contributed by atoms with Crippen molar-refractivity contribution in [2.75, 3.05) is 13.7 Å². The molecule has 0 unspecified atom stereocenters. The van der Waals surface area contributed by atoms with E-state index in [9.17, 15) is 24.8 Å². The second kappa shape index (κ2) is 10.0. The maximum absolute atomic E-state index is 13.3. The summed E-state index contributed by atoms with van der Waals surface area (Å²) < 4.78 is 5.33. The van der Waals surface area contributed by atoms with Crippen molar-refractivity contribution >= 4 is 45.6 Å². The number of carbonyl (C=O) groups excluding carboxylic acids is 2. The molecular weight excluding hydrogens is 510 g/mol. The van der Waals surface area contributed by atoms with Crippen LogP contribution in [0.1, 0.15) is 22.7 Å². The molecule has 192 valence electrons. The van der Waals surface area contributed by atoms with E-state index in [-0.39, 0.29) is 23.6 Å². The van der Waals surface area contributed by atoms with Crippen molar-refractivity contribution in [1.82, 2.24) is 9.88 Å². The molecule has 3 aromatic carbocycles. The standard InChI is InChI=1S/C28H22ClN3O6/c1-38-21-9-10-23-22(14-21)18(15-30-23)11-12-31-25(17-3-2-4-20(13-17)32(36)37)24(27(34)28(31)35)26(33)16-5-7-19(29)8-6-16/h2-10,13-15,25,30,33H,11-12H2,1H3/t25-/m1/s1. The first-order chi connectivity index (χ1) is 18.3. The van der Waals surface area contributed by atoms with Gasteiger partial charge in [0.25, 0.3) is 17.4 Å². The van der Waals surface area contributed by atoms with Crippen LogP contribution in [0.5, 0.6) is 5.75 Å². The zero-order chi connectivity index (χ0) is 27.0. The van der Waals surface area contributed by atoms with Crippen molar-refractivity contribution in [3.8, 4) is 5.75 Å². The highest BCUT2D eigenvalue weighted by Gasteiger charge is 2.46. The number of ether oxygens (including phenoxy) is 1. The van der Waals surface area contributed by atoms with E-state index < -0.39 is 22.7 Å². The number of fused-ring (bicyclic) bond motifs is 1. The Bertz CT molecular complexity index is 1610. The molecule has 10 heteroatoms. The second-order valence-electron chi connectivity index (χ2n) is 8.83. The van der Waals surface area contributed by atoms with E-state index in [1.165, 1.54) is 35.2 Å². The highest BCUT2D eigenvalue weighted by Crippen LogP contribution is 2.40. The van der Waals surface area contributed by atoms with Crippen LogP contribution in [0.25, 0.3) is 16.7 Å². The molecular formula is C28H22ClN3O6. The third-order valence-electron chi connectivity index (χ3n) is 6.65. The number of hydrogen-bond donors (Lipinski definition) is 2. The van der Waals surface area contributed by atoms with E-state index in [0.29, 0.717) is 28.3 Å². The highest BCUT2D eigenvalue weighted by atomic mass is 35.5. The molecule has 0 radical (unpaired) electrons. The van der Waals surface area contributed by atoms with Gasteiger partial charge in [0.15, 0.2) is 0 Å². The SMILES string of the molecule is COc1ccc2[nH]cc(CCN3C(=O)C(=O)C(=C(O)c4ccc(Cl)cc4)[C@H]3c3cccc([N+](=O)[O-])c3)c2c1. The Morgan fingerprint density at radius 1 is 1.13 bits per heavy atom. The molecule has 1 aliphatic heterocycles. The number of likely N-dealkylation sites (tertiary alicyclic amines) is 1. The summed E-state index contributed by atoms with van der Waals surface area (Å²) in [6.07, 6.45) is 2.21. The number of non-ortho nitro benzene ring substituents is 1. The number of methoxy groups -OCH3 is 1. The Kier molecular flexibility index (Phi) is 6.61. The number of amides is 1. The minimum Gasteiger partial charge on any atom is -0.507 e. The van der Waals surface area contributed by atoms with E-state index in [1.54, 1.807) is 25.3 Å². The summed E-state index contributed by atoms with van der Waals surface area (Å²) >= 11 is 5.97. The van der Waals surface area contributed by atoms with Gasteiger partial charge in [-0.05, 0) is 60.0 Å². The number of hydrogen-bond acceptors (Lipinski definition) is 6. The quantitative estimate of drug-likeness (QED) is 0.108. The van der Waals surface area contributed by atoms with E-state index in [4.69, 9.17) is 16.3 Å². The molecule has 1 aliphatic rings. The zero-order valence-electron chi connectivity index (χ0n) is 20.2. The fourth-order valence-electron chi connectivity index (χ4n) is 4.76. The molecule has 9 nitrogen and oxygen atoms in total. The van der Waals surface area contributed by atoms with Crippen molar-refractivity contribution < 1.29 is 24.4 Å². The molecule has 0 spiro atoms. The number of aliphatic hydroxyl groups excluding tert-OH is 1. The average Bonchev–Trinajstić information content (AvgIpc) is 3.44. The van der Waals surface area contributed by atoms with Gasteiger partial charge in [0.05, 0.1) is 23.6 Å². The van der Waals surface area contributed by atoms with E-state index >= 15 is 0 Å². The van der Waals surface area contributed by atoms with Crippen LogP contribution in [0.3, 0.4) is 0 Å². The Balaban J connectivity index is 1.58. The Labute approximate surface area is 222 Å². The van der Waals surface area contributed by atoms with Gasteiger partial charge in [0, 0.05) is 46.4 Å². The number of nitrogens with zero attached hydrogens (tertiary/aromatic N) is 2. The number of aliphatic hydroxyl groups is 1. The molecule has 2 heterocycles. The number of benzene rings is 3. The predicted molar refractivity (Wildman–Crippen MR) is 142 cm³/mol. The van der Waals surface area contributed by atoms with Crippen LogP contribution in [0, 0.1) is 10.1 Å². The minimum atomic E-state index is -1.02.